The van der Waals surface area contributed by atoms with E-state index in [0.29, 0.717) is 6.54 Å². The van der Waals surface area contributed by atoms with Crippen LogP contribution in [0.2, 0.25) is 0 Å². The summed E-state index contributed by atoms with van der Waals surface area (Å²) in [6.45, 7) is 0.444. The summed E-state index contributed by atoms with van der Waals surface area (Å²) >= 11 is 3.24. The van der Waals surface area contributed by atoms with Crippen LogP contribution in [-0.2, 0) is 6.54 Å². The second-order valence-electron chi connectivity index (χ2n) is 2.27. The molecule has 0 spiro atoms. The normalized spacial score (nSPS) is 10.5. The number of hydrogen-bond acceptors (Lipinski definition) is 3. The minimum Gasteiger partial charge on any atom is -0.314 e. The summed E-state index contributed by atoms with van der Waals surface area (Å²) in [6, 6.07) is 5.59. The van der Waals surface area contributed by atoms with Crippen molar-refractivity contribution < 1.29 is 5.21 Å². The number of aromatic nitrogens is 1. The van der Waals surface area contributed by atoms with Crippen molar-refractivity contribution in [3.63, 3.8) is 0 Å². The van der Waals surface area contributed by atoms with Gasteiger partial charge in [-0.3, -0.25) is 0 Å². The van der Waals surface area contributed by atoms with Gasteiger partial charge in [-0.15, -0.1) is 0 Å². The van der Waals surface area contributed by atoms with Crippen LogP contribution in [0.3, 0.4) is 0 Å². The molecule has 60 valence electrons. The largest absolute Gasteiger partial charge is 0.314 e. The standard InChI is InChI=1S/C7H9BrN2O/c1-10(11)5-6-3-2-4-7(8)9-6/h2-4,11H,5H2,1H3. The number of nitrogens with zero attached hydrogens (tertiary/aromatic N) is 2. The van der Waals surface area contributed by atoms with Crippen molar-refractivity contribution in [3.05, 3.63) is 28.5 Å². The lowest BCUT2D eigenvalue weighted by Crippen LogP contribution is -2.12. The fraction of sp³-hybridized carbons (Fsp3) is 0.286. The summed E-state index contributed by atoms with van der Waals surface area (Å²) < 4.78 is 0.789. The zero-order chi connectivity index (χ0) is 8.27. The average Bonchev–Trinajstić information content (AvgIpc) is 1.85. The summed E-state index contributed by atoms with van der Waals surface area (Å²) in [5.41, 5.74) is 0.837. The molecule has 0 aliphatic carbocycles. The van der Waals surface area contributed by atoms with Crippen LogP contribution in [0.4, 0.5) is 0 Å². The number of hydrogen-bond donors (Lipinski definition) is 1. The van der Waals surface area contributed by atoms with E-state index < -0.39 is 0 Å². The van der Waals surface area contributed by atoms with Crippen LogP contribution >= 0.6 is 15.9 Å². The zero-order valence-corrected chi connectivity index (χ0v) is 7.74. The molecule has 0 saturated carbocycles. The molecule has 4 heteroatoms. The van der Waals surface area contributed by atoms with Crippen LogP contribution in [-0.4, -0.2) is 22.3 Å². The summed E-state index contributed by atoms with van der Waals surface area (Å²) in [5.74, 6) is 0. The van der Waals surface area contributed by atoms with Gasteiger partial charge in [0.25, 0.3) is 0 Å². The first-order chi connectivity index (χ1) is 5.18. The molecule has 1 heterocycles. The van der Waals surface area contributed by atoms with Crippen LogP contribution in [0.25, 0.3) is 0 Å². The molecule has 1 aromatic rings. The maximum absolute atomic E-state index is 8.87. The van der Waals surface area contributed by atoms with Gasteiger partial charge in [0.15, 0.2) is 0 Å². The van der Waals surface area contributed by atoms with E-state index in [1.165, 1.54) is 0 Å². The Labute approximate surface area is 73.8 Å². The second kappa shape index (κ2) is 3.80. The maximum Gasteiger partial charge on any atom is 0.106 e. The highest BCUT2D eigenvalue weighted by atomic mass is 79.9. The molecule has 0 radical (unpaired) electrons. The van der Waals surface area contributed by atoms with E-state index >= 15 is 0 Å². The van der Waals surface area contributed by atoms with Crippen LogP contribution < -0.4 is 0 Å². The molecule has 3 nitrogen and oxygen atoms in total. The molecule has 0 unspecified atom stereocenters. The number of rotatable bonds is 2. The Morgan fingerprint density at radius 1 is 1.64 bits per heavy atom. The highest BCUT2D eigenvalue weighted by Crippen LogP contribution is 2.06. The molecule has 1 aromatic heterocycles. The van der Waals surface area contributed by atoms with E-state index in [9.17, 15) is 0 Å². The third kappa shape index (κ3) is 2.96. The van der Waals surface area contributed by atoms with E-state index in [2.05, 4.69) is 20.9 Å². The molecule has 0 amide bonds. The van der Waals surface area contributed by atoms with Gasteiger partial charge in [0, 0.05) is 7.05 Å². The molecule has 0 atom stereocenters. The molecule has 1 rings (SSSR count). The lowest BCUT2D eigenvalue weighted by Gasteiger charge is -2.06. The smallest absolute Gasteiger partial charge is 0.106 e. The topological polar surface area (TPSA) is 36.4 Å². The van der Waals surface area contributed by atoms with Crippen LogP contribution in [0.1, 0.15) is 5.69 Å². The van der Waals surface area contributed by atoms with Gasteiger partial charge in [-0.2, -0.15) is 5.06 Å². The van der Waals surface area contributed by atoms with Gasteiger partial charge in [0.05, 0.1) is 12.2 Å². The first kappa shape index (κ1) is 8.64. The van der Waals surface area contributed by atoms with Crippen molar-refractivity contribution in [3.8, 4) is 0 Å². The van der Waals surface area contributed by atoms with Gasteiger partial charge in [0.1, 0.15) is 4.60 Å². The van der Waals surface area contributed by atoms with E-state index in [1.807, 2.05) is 18.2 Å². The number of hydroxylamine groups is 2. The Balaban J connectivity index is 2.71. The minimum atomic E-state index is 0.444. The van der Waals surface area contributed by atoms with Crippen molar-refractivity contribution in [1.82, 2.24) is 10.0 Å². The molecule has 0 aliphatic rings. The highest BCUT2D eigenvalue weighted by molar-refractivity contribution is 9.10. The van der Waals surface area contributed by atoms with Crippen LogP contribution in [0, 0.1) is 0 Å². The van der Waals surface area contributed by atoms with Gasteiger partial charge >= 0.3 is 0 Å². The highest BCUT2D eigenvalue weighted by Gasteiger charge is 1.97. The second-order valence-corrected chi connectivity index (χ2v) is 3.08. The zero-order valence-electron chi connectivity index (χ0n) is 6.16. The van der Waals surface area contributed by atoms with Crippen molar-refractivity contribution in [2.75, 3.05) is 7.05 Å². The summed E-state index contributed by atoms with van der Waals surface area (Å²) in [5, 5.41) is 9.97. The van der Waals surface area contributed by atoms with E-state index in [4.69, 9.17) is 5.21 Å². The fourth-order valence-corrected chi connectivity index (χ4v) is 1.15. The number of halogens is 1. The maximum atomic E-state index is 8.87. The molecule has 1 N–H and O–H groups in total. The molecule has 11 heavy (non-hydrogen) atoms. The van der Waals surface area contributed by atoms with Gasteiger partial charge in [-0.25, -0.2) is 4.98 Å². The third-order valence-electron chi connectivity index (χ3n) is 1.16. The molecule has 0 aromatic carbocycles. The Bertz CT molecular complexity index is 240. The monoisotopic (exact) mass is 216 g/mol. The first-order valence-corrected chi connectivity index (χ1v) is 3.99. The lowest BCUT2D eigenvalue weighted by molar-refractivity contribution is -0.0740. The Morgan fingerprint density at radius 2 is 2.36 bits per heavy atom. The van der Waals surface area contributed by atoms with E-state index in [1.54, 1.807) is 7.05 Å². The molecule has 0 fully saturated rings. The first-order valence-electron chi connectivity index (χ1n) is 3.20. The average molecular weight is 217 g/mol. The summed E-state index contributed by atoms with van der Waals surface area (Å²) in [6.07, 6.45) is 0. The van der Waals surface area contributed by atoms with Gasteiger partial charge in [-0.1, -0.05) is 6.07 Å². The van der Waals surface area contributed by atoms with Crippen molar-refractivity contribution in [1.29, 1.82) is 0 Å². The summed E-state index contributed by atoms with van der Waals surface area (Å²) in [7, 11) is 1.59. The quantitative estimate of drug-likeness (QED) is 0.604. The van der Waals surface area contributed by atoms with Crippen molar-refractivity contribution in [2.45, 2.75) is 6.54 Å². The predicted octanol–water partition coefficient (Wildman–Crippen LogP) is 1.67. The van der Waals surface area contributed by atoms with Gasteiger partial charge in [-0.05, 0) is 28.1 Å². The molecule has 0 saturated heterocycles. The van der Waals surface area contributed by atoms with Crippen LogP contribution in [0.5, 0.6) is 0 Å². The fourth-order valence-electron chi connectivity index (χ4n) is 0.773. The minimum absolute atomic E-state index is 0.444. The van der Waals surface area contributed by atoms with Gasteiger partial charge in [0.2, 0.25) is 0 Å². The third-order valence-corrected chi connectivity index (χ3v) is 1.61. The Kier molecular flexibility index (Phi) is 2.99. The molecular weight excluding hydrogens is 208 g/mol. The van der Waals surface area contributed by atoms with Crippen molar-refractivity contribution in [2.24, 2.45) is 0 Å². The molecule has 0 aliphatic heterocycles. The van der Waals surface area contributed by atoms with Crippen LogP contribution in [0.15, 0.2) is 22.8 Å². The number of pyridine rings is 1. The van der Waals surface area contributed by atoms with Gasteiger partial charge < -0.3 is 5.21 Å². The lowest BCUT2D eigenvalue weighted by atomic mass is 10.3. The van der Waals surface area contributed by atoms with E-state index in [0.717, 1.165) is 15.4 Å². The predicted molar refractivity (Wildman–Crippen MR) is 45.2 cm³/mol. The Morgan fingerprint density at radius 3 is 2.91 bits per heavy atom. The Hall–Kier alpha value is -0.450. The molecule has 0 bridgehead atoms. The summed E-state index contributed by atoms with van der Waals surface area (Å²) in [4.78, 5) is 4.13. The van der Waals surface area contributed by atoms with E-state index in [-0.39, 0.29) is 0 Å². The molecular formula is C7H9BrN2O. The SMILES string of the molecule is CN(O)Cc1cccc(Br)n1. The van der Waals surface area contributed by atoms with Crippen molar-refractivity contribution >= 4 is 15.9 Å².